The van der Waals surface area contributed by atoms with Crippen LogP contribution in [-0.4, -0.2) is 41.0 Å². The molecule has 1 atom stereocenters. The summed E-state index contributed by atoms with van der Waals surface area (Å²) in [7, 11) is 0. The lowest BCUT2D eigenvalue weighted by Crippen LogP contribution is -2.38. The number of aliphatic imine (C=N–C) groups is 1. The van der Waals surface area contributed by atoms with E-state index >= 15 is 0 Å². The van der Waals surface area contributed by atoms with E-state index in [0.29, 0.717) is 29.9 Å². The number of benzene rings is 1. The molecular weight excluding hydrogens is 449 g/mol. The predicted octanol–water partition coefficient (Wildman–Crippen LogP) is 3.27. The van der Waals surface area contributed by atoms with Gasteiger partial charge in [0.2, 0.25) is 5.89 Å². The smallest absolute Gasteiger partial charge is 0.228 e. The van der Waals surface area contributed by atoms with Crippen LogP contribution in [0.15, 0.2) is 44.7 Å². The highest BCUT2D eigenvalue weighted by atomic mass is 127. The second kappa shape index (κ2) is 12.1. The van der Waals surface area contributed by atoms with Gasteiger partial charge in [0, 0.05) is 29.7 Å². The van der Waals surface area contributed by atoms with Crippen LogP contribution in [-0.2, 0) is 6.42 Å². The van der Waals surface area contributed by atoms with Crippen molar-refractivity contribution in [2.45, 2.75) is 37.3 Å². The van der Waals surface area contributed by atoms with Gasteiger partial charge in [-0.1, -0.05) is 30.3 Å². The van der Waals surface area contributed by atoms with Gasteiger partial charge in [-0.2, -0.15) is 4.98 Å². The molecule has 25 heavy (non-hydrogen) atoms. The van der Waals surface area contributed by atoms with Crippen molar-refractivity contribution in [3.63, 3.8) is 0 Å². The van der Waals surface area contributed by atoms with E-state index in [-0.39, 0.29) is 24.0 Å². The van der Waals surface area contributed by atoms with Crippen molar-refractivity contribution in [3.05, 3.63) is 42.0 Å². The lowest BCUT2D eigenvalue weighted by molar-refractivity contribution is 0.374. The Morgan fingerprint density at radius 1 is 1.28 bits per heavy atom. The highest BCUT2D eigenvalue weighted by molar-refractivity contribution is 14.0. The number of aromatic nitrogens is 2. The lowest BCUT2D eigenvalue weighted by Gasteiger charge is -2.13. The molecule has 6 nitrogen and oxygen atoms in total. The second-order valence-electron chi connectivity index (χ2n) is 5.37. The molecule has 8 heteroatoms. The molecule has 0 fully saturated rings. The number of aryl methyl sites for hydroxylation is 1. The van der Waals surface area contributed by atoms with Crippen LogP contribution >= 0.6 is 35.7 Å². The Kier molecular flexibility index (Phi) is 10.6. The van der Waals surface area contributed by atoms with Crippen LogP contribution in [0, 0.1) is 6.92 Å². The maximum absolute atomic E-state index is 5.11. The van der Waals surface area contributed by atoms with E-state index in [1.165, 1.54) is 4.90 Å². The zero-order chi connectivity index (χ0) is 17.2. The van der Waals surface area contributed by atoms with E-state index in [1.54, 1.807) is 0 Å². The molecule has 0 radical (unpaired) electrons. The molecule has 2 N–H and O–H groups in total. The van der Waals surface area contributed by atoms with E-state index in [2.05, 4.69) is 63.9 Å². The maximum Gasteiger partial charge on any atom is 0.228 e. The number of thioether (sulfide) groups is 1. The van der Waals surface area contributed by atoms with Crippen LogP contribution in [0.25, 0.3) is 0 Å². The van der Waals surface area contributed by atoms with E-state index in [9.17, 15) is 0 Å². The number of halogens is 1. The summed E-state index contributed by atoms with van der Waals surface area (Å²) < 4.78 is 5.11. The molecule has 1 heterocycles. The number of rotatable bonds is 8. The minimum atomic E-state index is 0. The van der Waals surface area contributed by atoms with Crippen LogP contribution in [0.1, 0.15) is 25.6 Å². The fraction of sp³-hybridized carbons (Fsp3) is 0.471. The van der Waals surface area contributed by atoms with Crippen LogP contribution in [0.5, 0.6) is 0 Å². The van der Waals surface area contributed by atoms with Gasteiger partial charge in [0.15, 0.2) is 11.8 Å². The van der Waals surface area contributed by atoms with Crippen LogP contribution in [0.4, 0.5) is 0 Å². The molecule has 0 bridgehead atoms. The third-order valence-corrected chi connectivity index (χ3v) is 4.23. The molecule has 0 aliphatic rings. The third kappa shape index (κ3) is 8.57. The van der Waals surface area contributed by atoms with Gasteiger partial charge in [-0.25, -0.2) is 0 Å². The fourth-order valence-electron chi connectivity index (χ4n) is 2.06. The predicted molar refractivity (Wildman–Crippen MR) is 114 cm³/mol. The fourth-order valence-corrected chi connectivity index (χ4v) is 2.99. The first kappa shape index (κ1) is 21.8. The lowest BCUT2D eigenvalue weighted by atomic mass is 10.4. The first-order chi connectivity index (χ1) is 11.7. The van der Waals surface area contributed by atoms with E-state index in [4.69, 9.17) is 4.52 Å². The summed E-state index contributed by atoms with van der Waals surface area (Å²) in [4.78, 5) is 10.1. The van der Waals surface area contributed by atoms with Gasteiger partial charge in [-0.05, 0) is 26.0 Å². The molecule has 0 aliphatic carbocycles. The molecule has 0 aliphatic heterocycles. The van der Waals surface area contributed by atoms with E-state index in [1.807, 2.05) is 24.8 Å². The SMILES string of the molecule is CCNC(=NCC(C)Sc1ccccc1)NCCc1nc(C)no1.I. The van der Waals surface area contributed by atoms with Gasteiger partial charge in [0.25, 0.3) is 0 Å². The summed E-state index contributed by atoms with van der Waals surface area (Å²) in [5, 5.41) is 10.7. The normalized spacial score (nSPS) is 12.4. The quantitative estimate of drug-likeness (QED) is 0.264. The van der Waals surface area contributed by atoms with Crippen LogP contribution in [0.2, 0.25) is 0 Å². The van der Waals surface area contributed by atoms with Crippen LogP contribution < -0.4 is 10.6 Å². The monoisotopic (exact) mass is 475 g/mol. The van der Waals surface area contributed by atoms with Gasteiger partial charge in [-0.3, -0.25) is 4.99 Å². The van der Waals surface area contributed by atoms with Crippen molar-refractivity contribution in [1.82, 2.24) is 20.8 Å². The first-order valence-electron chi connectivity index (χ1n) is 8.20. The summed E-state index contributed by atoms with van der Waals surface area (Å²) in [6, 6.07) is 10.4. The van der Waals surface area contributed by atoms with Crippen molar-refractivity contribution in [2.75, 3.05) is 19.6 Å². The Bertz CT molecular complexity index is 635. The number of nitrogens with one attached hydrogen (secondary N) is 2. The summed E-state index contributed by atoms with van der Waals surface area (Å²) in [5.41, 5.74) is 0. The van der Waals surface area contributed by atoms with Gasteiger partial charge in [0.05, 0.1) is 6.54 Å². The Balaban J connectivity index is 0.00000312. The molecule has 0 saturated carbocycles. The van der Waals surface area contributed by atoms with Crippen molar-refractivity contribution in [1.29, 1.82) is 0 Å². The zero-order valence-electron chi connectivity index (χ0n) is 14.9. The van der Waals surface area contributed by atoms with Gasteiger partial charge in [-0.15, -0.1) is 35.7 Å². The number of nitrogens with zero attached hydrogens (tertiary/aromatic N) is 3. The average Bonchev–Trinajstić information content (AvgIpc) is 2.99. The van der Waals surface area contributed by atoms with Crippen LogP contribution in [0.3, 0.4) is 0 Å². The highest BCUT2D eigenvalue weighted by Crippen LogP contribution is 2.22. The maximum atomic E-state index is 5.11. The van der Waals surface area contributed by atoms with Gasteiger partial charge >= 0.3 is 0 Å². The third-order valence-electron chi connectivity index (χ3n) is 3.13. The van der Waals surface area contributed by atoms with Crippen molar-refractivity contribution >= 4 is 41.7 Å². The number of hydrogen-bond donors (Lipinski definition) is 2. The Morgan fingerprint density at radius 3 is 2.68 bits per heavy atom. The first-order valence-corrected chi connectivity index (χ1v) is 9.08. The molecule has 0 saturated heterocycles. The molecule has 2 aromatic rings. The minimum absolute atomic E-state index is 0. The highest BCUT2D eigenvalue weighted by Gasteiger charge is 2.06. The number of guanidine groups is 1. The Morgan fingerprint density at radius 2 is 2.04 bits per heavy atom. The Hall–Kier alpha value is -1.29. The topological polar surface area (TPSA) is 75.3 Å². The van der Waals surface area contributed by atoms with Crippen molar-refractivity contribution in [2.24, 2.45) is 4.99 Å². The zero-order valence-corrected chi connectivity index (χ0v) is 18.0. The molecule has 1 unspecified atom stereocenters. The van der Waals surface area contributed by atoms with Crippen molar-refractivity contribution < 1.29 is 4.52 Å². The molecule has 2 rings (SSSR count). The minimum Gasteiger partial charge on any atom is -0.357 e. The summed E-state index contributed by atoms with van der Waals surface area (Å²) in [6.45, 7) is 8.33. The molecule has 0 amide bonds. The largest absolute Gasteiger partial charge is 0.357 e. The number of hydrogen-bond acceptors (Lipinski definition) is 5. The standard InChI is InChI=1S/C17H25N5OS.HI/c1-4-18-17(19-11-10-16-21-14(3)22-23-16)20-12-13(2)24-15-8-6-5-7-9-15;/h5-9,13H,4,10-12H2,1-3H3,(H2,18,19,20);1H. The molecule has 138 valence electrons. The average molecular weight is 475 g/mol. The molecule has 1 aromatic heterocycles. The van der Waals surface area contributed by atoms with Crippen molar-refractivity contribution in [3.8, 4) is 0 Å². The Labute approximate surface area is 170 Å². The summed E-state index contributed by atoms with van der Waals surface area (Å²) >= 11 is 1.83. The van der Waals surface area contributed by atoms with E-state index < -0.39 is 0 Å². The molecule has 1 aromatic carbocycles. The van der Waals surface area contributed by atoms with Gasteiger partial charge in [0.1, 0.15) is 0 Å². The summed E-state index contributed by atoms with van der Waals surface area (Å²) in [5.74, 6) is 2.12. The van der Waals surface area contributed by atoms with Gasteiger partial charge < -0.3 is 15.2 Å². The molecular formula is C17H26IN5OS. The van der Waals surface area contributed by atoms with E-state index in [0.717, 1.165) is 19.0 Å². The second-order valence-corrected chi connectivity index (χ2v) is 6.89. The molecule has 0 spiro atoms. The summed E-state index contributed by atoms with van der Waals surface area (Å²) in [6.07, 6.45) is 0.680.